The summed E-state index contributed by atoms with van der Waals surface area (Å²) >= 11 is 3.43. The highest BCUT2D eigenvalue weighted by atomic mass is 79.9. The lowest BCUT2D eigenvalue weighted by atomic mass is 10.0. The number of amides is 1. The molecule has 21 heavy (non-hydrogen) atoms. The number of nitrogens with one attached hydrogen (secondary N) is 1. The molecule has 0 saturated heterocycles. The smallest absolute Gasteiger partial charge is 0.228 e. The lowest BCUT2D eigenvalue weighted by Crippen LogP contribution is -2.15. The summed E-state index contributed by atoms with van der Waals surface area (Å²) in [6, 6.07) is 12.3. The van der Waals surface area contributed by atoms with E-state index in [4.69, 9.17) is 0 Å². The van der Waals surface area contributed by atoms with Crippen LogP contribution in [0.15, 0.2) is 40.9 Å². The van der Waals surface area contributed by atoms with E-state index in [0.717, 1.165) is 27.7 Å². The first-order valence-electron chi connectivity index (χ1n) is 7.28. The number of hydrogen-bond donors (Lipinski definition) is 1. The molecule has 3 rings (SSSR count). The monoisotopic (exact) mass is 343 g/mol. The predicted octanol–water partition coefficient (Wildman–Crippen LogP) is 4.43. The third-order valence-corrected chi connectivity index (χ3v) is 4.48. The molecule has 1 amide bonds. The second-order valence-corrected chi connectivity index (χ2v) is 6.56. The summed E-state index contributed by atoms with van der Waals surface area (Å²) < 4.78 is 1.02. The normalized spacial score (nSPS) is 13.0. The van der Waals surface area contributed by atoms with Crippen LogP contribution in [-0.4, -0.2) is 5.91 Å². The zero-order valence-corrected chi connectivity index (χ0v) is 13.7. The summed E-state index contributed by atoms with van der Waals surface area (Å²) in [5.41, 5.74) is 5.90. The number of rotatable bonds is 3. The second kappa shape index (κ2) is 6.02. The van der Waals surface area contributed by atoms with Crippen molar-refractivity contribution < 1.29 is 4.79 Å². The molecule has 0 aromatic heterocycles. The Kier molecular flexibility index (Phi) is 4.11. The zero-order chi connectivity index (χ0) is 14.8. The maximum absolute atomic E-state index is 12.2. The molecule has 108 valence electrons. The summed E-state index contributed by atoms with van der Waals surface area (Å²) in [5.74, 6) is 0.0402. The number of aryl methyl sites for hydroxylation is 3. The van der Waals surface area contributed by atoms with E-state index in [1.807, 2.05) is 25.1 Å². The molecule has 0 saturated carbocycles. The van der Waals surface area contributed by atoms with Gasteiger partial charge >= 0.3 is 0 Å². The molecule has 1 aliphatic rings. The van der Waals surface area contributed by atoms with Crippen molar-refractivity contribution in [2.24, 2.45) is 0 Å². The van der Waals surface area contributed by atoms with Gasteiger partial charge in [-0.25, -0.2) is 0 Å². The average molecular weight is 344 g/mol. The van der Waals surface area contributed by atoms with Crippen LogP contribution in [0.3, 0.4) is 0 Å². The molecule has 2 nitrogen and oxygen atoms in total. The molecule has 0 spiro atoms. The molecule has 3 heteroatoms. The number of halogens is 1. The first-order valence-corrected chi connectivity index (χ1v) is 8.08. The Labute approximate surface area is 133 Å². The Bertz CT molecular complexity index is 694. The topological polar surface area (TPSA) is 29.1 Å². The van der Waals surface area contributed by atoms with Crippen LogP contribution in [0.4, 0.5) is 5.69 Å². The van der Waals surface area contributed by atoms with Crippen molar-refractivity contribution in [3.05, 3.63) is 63.1 Å². The maximum Gasteiger partial charge on any atom is 0.228 e. The van der Waals surface area contributed by atoms with Crippen molar-refractivity contribution in [2.45, 2.75) is 32.6 Å². The largest absolute Gasteiger partial charge is 0.326 e. The Balaban J connectivity index is 1.69. The molecule has 0 aliphatic heterocycles. The molecule has 2 aromatic carbocycles. The minimum absolute atomic E-state index is 0.0402. The Morgan fingerprint density at radius 2 is 1.95 bits per heavy atom. The van der Waals surface area contributed by atoms with Crippen LogP contribution >= 0.6 is 15.9 Å². The van der Waals surface area contributed by atoms with Gasteiger partial charge in [0.25, 0.3) is 0 Å². The predicted molar refractivity (Wildman–Crippen MR) is 89.7 cm³/mol. The summed E-state index contributed by atoms with van der Waals surface area (Å²) in [6.45, 7) is 2.00. The van der Waals surface area contributed by atoms with Gasteiger partial charge in [-0.15, -0.1) is 0 Å². The van der Waals surface area contributed by atoms with E-state index >= 15 is 0 Å². The summed E-state index contributed by atoms with van der Waals surface area (Å²) in [5, 5.41) is 2.99. The van der Waals surface area contributed by atoms with Crippen molar-refractivity contribution >= 4 is 27.5 Å². The van der Waals surface area contributed by atoms with Gasteiger partial charge in [0, 0.05) is 10.2 Å². The van der Waals surface area contributed by atoms with Crippen LogP contribution in [0.5, 0.6) is 0 Å². The molecule has 0 heterocycles. The number of carbonyl (C=O) groups is 1. The van der Waals surface area contributed by atoms with Crippen LogP contribution in [0, 0.1) is 6.92 Å². The molecular formula is C18H18BrNO. The van der Waals surface area contributed by atoms with Gasteiger partial charge in [-0.05, 0) is 66.6 Å². The van der Waals surface area contributed by atoms with Crippen LogP contribution < -0.4 is 5.32 Å². The SMILES string of the molecule is Cc1cc(Br)ccc1NC(=O)Cc1ccc2c(c1)CCC2. The average Bonchev–Trinajstić information content (AvgIpc) is 2.89. The van der Waals surface area contributed by atoms with E-state index in [2.05, 4.69) is 39.4 Å². The summed E-state index contributed by atoms with van der Waals surface area (Å²) in [6.07, 6.45) is 4.00. The number of hydrogen-bond acceptors (Lipinski definition) is 1. The van der Waals surface area contributed by atoms with E-state index in [1.165, 1.54) is 24.0 Å². The molecule has 1 aliphatic carbocycles. The fraction of sp³-hybridized carbons (Fsp3) is 0.278. The molecule has 2 aromatic rings. The summed E-state index contributed by atoms with van der Waals surface area (Å²) in [4.78, 5) is 12.2. The maximum atomic E-state index is 12.2. The molecule has 0 fully saturated rings. The first-order chi connectivity index (χ1) is 10.1. The minimum Gasteiger partial charge on any atom is -0.326 e. The highest BCUT2D eigenvalue weighted by Gasteiger charge is 2.12. The van der Waals surface area contributed by atoms with Crippen molar-refractivity contribution in [1.29, 1.82) is 0 Å². The highest BCUT2D eigenvalue weighted by molar-refractivity contribution is 9.10. The van der Waals surface area contributed by atoms with E-state index in [9.17, 15) is 4.79 Å². The van der Waals surface area contributed by atoms with Crippen LogP contribution in [0.2, 0.25) is 0 Å². The lowest BCUT2D eigenvalue weighted by Gasteiger charge is -2.09. The molecular weight excluding hydrogens is 326 g/mol. The minimum atomic E-state index is 0.0402. The van der Waals surface area contributed by atoms with Gasteiger partial charge in [-0.3, -0.25) is 4.79 Å². The van der Waals surface area contributed by atoms with Gasteiger partial charge in [-0.1, -0.05) is 34.1 Å². The van der Waals surface area contributed by atoms with E-state index in [-0.39, 0.29) is 5.91 Å². The van der Waals surface area contributed by atoms with E-state index < -0.39 is 0 Å². The third-order valence-electron chi connectivity index (χ3n) is 3.99. The van der Waals surface area contributed by atoms with Gasteiger partial charge in [0.2, 0.25) is 5.91 Å². The van der Waals surface area contributed by atoms with Crippen molar-refractivity contribution in [2.75, 3.05) is 5.32 Å². The molecule has 0 unspecified atom stereocenters. The number of anilines is 1. The Morgan fingerprint density at radius 1 is 1.14 bits per heavy atom. The van der Waals surface area contributed by atoms with Crippen LogP contribution in [-0.2, 0) is 24.1 Å². The quantitative estimate of drug-likeness (QED) is 0.877. The van der Waals surface area contributed by atoms with Gasteiger partial charge in [-0.2, -0.15) is 0 Å². The highest BCUT2D eigenvalue weighted by Crippen LogP contribution is 2.24. The van der Waals surface area contributed by atoms with Crippen molar-refractivity contribution in [3.8, 4) is 0 Å². The van der Waals surface area contributed by atoms with Gasteiger partial charge in [0.15, 0.2) is 0 Å². The molecule has 0 bridgehead atoms. The number of fused-ring (bicyclic) bond motifs is 1. The lowest BCUT2D eigenvalue weighted by molar-refractivity contribution is -0.115. The van der Waals surface area contributed by atoms with Crippen LogP contribution in [0.1, 0.15) is 28.7 Å². The first kappa shape index (κ1) is 14.3. The standard InChI is InChI=1S/C18H18BrNO/c1-12-9-16(19)7-8-17(12)20-18(21)11-13-5-6-14-3-2-4-15(14)10-13/h5-10H,2-4,11H2,1H3,(H,20,21). The van der Waals surface area contributed by atoms with Crippen LogP contribution in [0.25, 0.3) is 0 Å². The second-order valence-electron chi connectivity index (χ2n) is 5.64. The van der Waals surface area contributed by atoms with Crippen molar-refractivity contribution in [1.82, 2.24) is 0 Å². The molecule has 0 radical (unpaired) electrons. The third kappa shape index (κ3) is 3.35. The Hall–Kier alpha value is -1.61. The number of benzene rings is 2. The summed E-state index contributed by atoms with van der Waals surface area (Å²) in [7, 11) is 0. The van der Waals surface area contributed by atoms with Gasteiger partial charge in [0.1, 0.15) is 0 Å². The van der Waals surface area contributed by atoms with E-state index in [0.29, 0.717) is 6.42 Å². The molecule has 0 atom stereocenters. The molecule has 1 N–H and O–H groups in total. The van der Waals surface area contributed by atoms with Crippen molar-refractivity contribution in [3.63, 3.8) is 0 Å². The Morgan fingerprint density at radius 3 is 2.76 bits per heavy atom. The zero-order valence-electron chi connectivity index (χ0n) is 12.1. The van der Waals surface area contributed by atoms with Gasteiger partial charge < -0.3 is 5.32 Å². The van der Waals surface area contributed by atoms with E-state index in [1.54, 1.807) is 0 Å². The number of carbonyl (C=O) groups excluding carboxylic acids is 1. The fourth-order valence-electron chi connectivity index (χ4n) is 2.88. The fourth-order valence-corrected chi connectivity index (χ4v) is 3.36. The van der Waals surface area contributed by atoms with Gasteiger partial charge in [0.05, 0.1) is 6.42 Å².